The van der Waals surface area contributed by atoms with Gasteiger partial charge in [0.05, 0.1) is 13.2 Å². The molecule has 2 aliphatic rings. The van der Waals surface area contributed by atoms with Crippen molar-refractivity contribution < 1.29 is 14.3 Å². The Labute approximate surface area is 102 Å². The van der Waals surface area contributed by atoms with Crippen molar-refractivity contribution >= 4 is 6.09 Å². The molecule has 2 aliphatic heterocycles. The molecule has 2 N–H and O–H groups in total. The van der Waals surface area contributed by atoms with Crippen molar-refractivity contribution in [3.63, 3.8) is 0 Å². The number of hydrogen-bond acceptors (Lipinski definition) is 4. The van der Waals surface area contributed by atoms with Gasteiger partial charge in [-0.3, -0.25) is 0 Å². The van der Waals surface area contributed by atoms with E-state index in [1.807, 2.05) is 20.8 Å². The molecular weight excluding hydrogens is 220 g/mol. The predicted molar refractivity (Wildman–Crippen MR) is 63.6 cm³/mol. The average Bonchev–Trinajstić information content (AvgIpc) is 2.60. The van der Waals surface area contributed by atoms with E-state index in [1.165, 1.54) is 0 Å². The summed E-state index contributed by atoms with van der Waals surface area (Å²) in [5.74, 6) is 0.725. The van der Waals surface area contributed by atoms with E-state index in [-0.39, 0.29) is 12.1 Å². The zero-order chi connectivity index (χ0) is 12.6. The molecular formula is C12H22N2O3. The van der Waals surface area contributed by atoms with Crippen LogP contribution in [0.15, 0.2) is 0 Å². The molecule has 0 saturated carbocycles. The van der Waals surface area contributed by atoms with E-state index in [9.17, 15) is 4.79 Å². The number of nitrogens with two attached hydrogens (primary N) is 1. The van der Waals surface area contributed by atoms with Crippen LogP contribution >= 0.6 is 0 Å². The Bertz CT molecular complexity index is 301. The Hall–Kier alpha value is -0.810. The van der Waals surface area contributed by atoms with Crippen LogP contribution in [0.1, 0.15) is 20.8 Å². The van der Waals surface area contributed by atoms with E-state index in [1.54, 1.807) is 4.90 Å². The normalized spacial score (nSPS) is 33.4. The Morgan fingerprint density at radius 2 is 2.06 bits per heavy atom. The highest BCUT2D eigenvalue weighted by molar-refractivity contribution is 5.68. The summed E-state index contributed by atoms with van der Waals surface area (Å²) in [5, 5.41) is 0. The molecule has 0 aromatic carbocycles. The molecule has 2 fully saturated rings. The molecule has 0 aromatic heterocycles. The van der Waals surface area contributed by atoms with Gasteiger partial charge in [0.1, 0.15) is 5.60 Å². The predicted octanol–water partition coefficient (Wildman–Crippen LogP) is 0.827. The van der Waals surface area contributed by atoms with E-state index < -0.39 is 5.60 Å². The number of hydrogen-bond donors (Lipinski definition) is 1. The summed E-state index contributed by atoms with van der Waals surface area (Å²) in [6.45, 7) is 8.34. The number of nitrogens with zero attached hydrogens (tertiary/aromatic N) is 1. The summed E-state index contributed by atoms with van der Waals surface area (Å²) in [4.78, 5) is 13.7. The molecule has 1 amide bonds. The first-order valence-electron chi connectivity index (χ1n) is 6.18. The molecule has 0 aromatic rings. The Morgan fingerprint density at radius 3 is 2.65 bits per heavy atom. The number of fused-ring (bicyclic) bond motifs is 1. The van der Waals surface area contributed by atoms with Gasteiger partial charge in [0.25, 0.3) is 0 Å². The minimum atomic E-state index is -0.441. The first kappa shape index (κ1) is 12.6. The monoisotopic (exact) mass is 242 g/mol. The second-order valence-electron chi connectivity index (χ2n) is 6.01. The number of ether oxygens (including phenoxy) is 2. The van der Waals surface area contributed by atoms with Gasteiger partial charge in [-0.05, 0) is 20.8 Å². The fourth-order valence-electron chi connectivity index (χ4n) is 2.51. The molecule has 0 unspecified atom stereocenters. The molecule has 0 radical (unpaired) electrons. The zero-order valence-corrected chi connectivity index (χ0v) is 10.8. The van der Waals surface area contributed by atoms with E-state index >= 15 is 0 Å². The molecule has 0 bridgehead atoms. The van der Waals surface area contributed by atoms with Gasteiger partial charge >= 0.3 is 6.09 Å². The van der Waals surface area contributed by atoms with Crippen LogP contribution in [0.5, 0.6) is 0 Å². The molecule has 17 heavy (non-hydrogen) atoms. The number of carbonyl (C=O) groups is 1. The topological polar surface area (TPSA) is 64.8 Å². The number of likely N-dealkylation sites (tertiary alicyclic amines) is 1. The summed E-state index contributed by atoms with van der Waals surface area (Å²) in [5.41, 5.74) is 5.56. The molecule has 5 nitrogen and oxygen atoms in total. The third kappa shape index (κ3) is 2.90. The number of amides is 1. The SMILES string of the molecule is CC(C)(C)OC(=O)N1C[C@@H]2COC[C@H](N)[C@@H]2C1. The maximum atomic E-state index is 11.9. The summed E-state index contributed by atoms with van der Waals surface area (Å²) in [6.07, 6.45) is -0.237. The lowest BCUT2D eigenvalue weighted by Crippen LogP contribution is -2.44. The molecule has 2 saturated heterocycles. The van der Waals surface area contributed by atoms with Crippen molar-refractivity contribution in [2.75, 3.05) is 26.3 Å². The molecule has 2 heterocycles. The fraction of sp³-hybridized carbons (Fsp3) is 0.917. The van der Waals surface area contributed by atoms with Gasteiger partial charge in [-0.15, -0.1) is 0 Å². The van der Waals surface area contributed by atoms with Crippen molar-refractivity contribution in [3.8, 4) is 0 Å². The largest absolute Gasteiger partial charge is 0.444 e. The lowest BCUT2D eigenvalue weighted by molar-refractivity contribution is 0.0208. The van der Waals surface area contributed by atoms with Crippen LogP contribution in [-0.2, 0) is 9.47 Å². The van der Waals surface area contributed by atoms with E-state index in [2.05, 4.69) is 0 Å². The lowest BCUT2D eigenvalue weighted by Gasteiger charge is -2.29. The summed E-state index contributed by atoms with van der Waals surface area (Å²) in [6, 6.07) is 0.0428. The molecule has 0 aliphatic carbocycles. The van der Waals surface area contributed by atoms with E-state index in [0.717, 1.165) is 0 Å². The molecule has 2 rings (SSSR count). The highest BCUT2D eigenvalue weighted by atomic mass is 16.6. The Kier molecular flexibility index (Phi) is 3.32. The second kappa shape index (κ2) is 4.46. The first-order chi connectivity index (χ1) is 7.87. The smallest absolute Gasteiger partial charge is 0.410 e. The fourth-order valence-corrected chi connectivity index (χ4v) is 2.51. The second-order valence-corrected chi connectivity index (χ2v) is 6.01. The molecule has 3 atom stereocenters. The van der Waals surface area contributed by atoms with Gasteiger partial charge < -0.3 is 20.1 Å². The maximum Gasteiger partial charge on any atom is 0.410 e. The quantitative estimate of drug-likeness (QED) is 0.683. The highest BCUT2D eigenvalue weighted by Gasteiger charge is 2.42. The van der Waals surface area contributed by atoms with Crippen LogP contribution in [-0.4, -0.2) is 48.9 Å². The van der Waals surface area contributed by atoms with Crippen LogP contribution in [0.4, 0.5) is 4.79 Å². The average molecular weight is 242 g/mol. The van der Waals surface area contributed by atoms with Crippen molar-refractivity contribution in [3.05, 3.63) is 0 Å². The molecule has 5 heteroatoms. The number of carbonyl (C=O) groups excluding carboxylic acids is 1. The minimum Gasteiger partial charge on any atom is -0.444 e. The third-order valence-electron chi connectivity index (χ3n) is 3.34. The van der Waals surface area contributed by atoms with Crippen molar-refractivity contribution in [2.45, 2.75) is 32.4 Å². The standard InChI is InChI=1S/C12H22N2O3/c1-12(2,3)17-11(15)14-4-8-6-16-7-10(13)9(8)5-14/h8-10H,4-7,13H2,1-3H3/t8-,9-,10+/m1/s1. The first-order valence-corrected chi connectivity index (χ1v) is 6.18. The van der Waals surface area contributed by atoms with Gasteiger partial charge in [0.15, 0.2) is 0 Å². The third-order valence-corrected chi connectivity index (χ3v) is 3.34. The summed E-state index contributed by atoms with van der Waals surface area (Å²) in [7, 11) is 0. The van der Waals surface area contributed by atoms with Crippen LogP contribution in [0.3, 0.4) is 0 Å². The zero-order valence-electron chi connectivity index (χ0n) is 10.8. The van der Waals surface area contributed by atoms with Crippen LogP contribution in [0.2, 0.25) is 0 Å². The van der Waals surface area contributed by atoms with Crippen molar-refractivity contribution in [2.24, 2.45) is 17.6 Å². The Balaban J connectivity index is 1.95. The Morgan fingerprint density at radius 1 is 1.35 bits per heavy atom. The summed E-state index contributed by atoms with van der Waals surface area (Å²) < 4.78 is 10.8. The van der Waals surface area contributed by atoms with Crippen LogP contribution < -0.4 is 5.73 Å². The van der Waals surface area contributed by atoms with Gasteiger partial charge in [-0.1, -0.05) is 0 Å². The molecule has 0 spiro atoms. The molecule has 98 valence electrons. The van der Waals surface area contributed by atoms with Gasteiger partial charge in [-0.25, -0.2) is 4.79 Å². The van der Waals surface area contributed by atoms with Crippen molar-refractivity contribution in [1.29, 1.82) is 0 Å². The van der Waals surface area contributed by atoms with Crippen LogP contribution in [0, 0.1) is 11.8 Å². The van der Waals surface area contributed by atoms with Gasteiger partial charge in [-0.2, -0.15) is 0 Å². The maximum absolute atomic E-state index is 11.9. The highest BCUT2D eigenvalue weighted by Crippen LogP contribution is 2.30. The minimum absolute atomic E-state index is 0.0428. The summed E-state index contributed by atoms with van der Waals surface area (Å²) >= 11 is 0. The van der Waals surface area contributed by atoms with E-state index in [0.29, 0.717) is 38.1 Å². The van der Waals surface area contributed by atoms with Crippen molar-refractivity contribution in [1.82, 2.24) is 4.90 Å². The lowest BCUT2D eigenvalue weighted by atomic mass is 9.88. The van der Waals surface area contributed by atoms with Crippen LogP contribution in [0.25, 0.3) is 0 Å². The van der Waals surface area contributed by atoms with Gasteiger partial charge in [0, 0.05) is 31.0 Å². The number of rotatable bonds is 0. The van der Waals surface area contributed by atoms with Gasteiger partial charge in [0.2, 0.25) is 0 Å². The van der Waals surface area contributed by atoms with E-state index in [4.69, 9.17) is 15.2 Å².